The number of phenols is 1. The lowest BCUT2D eigenvalue weighted by Crippen LogP contribution is -2.03. The highest BCUT2D eigenvalue weighted by atomic mass is 16.3. The van der Waals surface area contributed by atoms with Gasteiger partial charge in [-0.05, 0) is 36.6 Å². The predicted octanol–water partition coefficient (Wildman–Crippen LogP) is 1.37. The van der Waals surface area contributed by atoms with E-state index in [1.807, 2.05) is 18.3 Å². The maximum absolute atomic E-state index is 9.58. The molecular formula is C10H12N2O. The third-order valence-corrected chi connectivity index (χ3v) is 2.21. The van der Waals surface area contributed by atoms with Gasteiger partial charge in [0.2, 0.25) is 0 Å². The fourth-order valence-electron chi connectivity index (χ4n) is 1.58. The highest BCUT2D eigenvalue weighted by molar-refractivity contribution is 5.84. The van der Waals surface area contributed by atoms with Crippen LogP contribution in [-0.2, 0) is 6.42 Å². The number of hydrogen-bond donors (Lipinski definition) is 3. The number of nitrogens with one attached hydrogen (secondary N) is 1. The van der Waals surface area contributed by atoms with Crippen molar-refractivity contribution in [3.63, 3.8) is 0 Å². The van der Waals surface area contributed by atoms with Crippen molar-refractivity contribution in [2.24, 2.45) is 5.73 Å². The first-order valence-electron chi connectivity index (χ1n) is 4.31. The molecule has 0 spiro atoms. The van der Waals surface area contributed by atoms with E-state index < -0.39 is 0 Å². The highest BCUT2D eigenvalue weighted by Crippen LogP contribution is 2.25. The zero-order valence-corrected chi connectivity index (χ0v) is 7.25. The fraction of sp³-hybridized carbons (Fsp3) is 0.200. The Bertz CT molecular complexity index is 420. The lowest BCUT2D eigenvalue weighted by molar-refractivity contribution is 0.469. The molecule has 0 amide bonds. The van der Waals surface area contributed by atoms with Crippen molar-refractivity contribution < 1.29 is 5.11 Å². The third-order valence-electron chi connectivity index (χ3n) is 2.21. The number of aromatic nitrogens is 1. The molecule has 1 aromatic carbocycles. The zero-order chi connectivity index (χ0) is 9.26. The Morgan fingerprint density at radius 2 is 2.15 bits per heavy atom. The average molecular weight is 176 g/mol. The largest absolute Gasteiger partial charge is 0.508 e. The summed E-state index contributed by atoms with van der Waals surface area (Å²) in [5.41, 5.74) is 7.36. The number of benzene rings is 1. The SMILES string of the molecule is NCCc1c(O)ccc2cc[nH]c12. The van der Waals surface area contributed by atoms with Crippen molar-refractivity contribution in [1.29, 1.82) is 0 Å². The van der Waals surface area contributed by atoms with Gasteiger partial charge in [-0.2, -0.15) is 0 Å². The maximum Gasteiger partial charge on any atom is 0.120 e. The van der Waals surface area contributed by atoms with E-state index in [0.717, 1.165) is 16.5 Å². The average Bonchev–Trinajstić information content (AvgIpc) is 2.58. The summed E-state index contributed by atoms with van der Waals surface area (Å²) in [4.78, 5) is 3.10. The summed E-state index contributed by atoms with van der Waals surface area (Å²) in [5, 5.41) is 10.7. The van der Waals surface area contributed by atoms with Crippen LogP contribution in [-0.4, -0.2) is 16.6 Å². The smallest absolute Gasteiger partial charge is 0.120 e. The molecule has 3 nitrogen and oxygen atoms in total. The van der Waals surface area contributed by atoms with Crippen LogP contribution in [0.25, 0.3) is 10.9 Å². The summed E-state index contributed by atoms with van der Waals surface area (Å²) in [6.07, 6.45) is 2.56. The van der Waals surface area contributed by atoms with E-state index in [-0.39, 0.29) is 0 Å². The molecule has 4 N–H and O–H groups in total. The van der Waals surface area contributed by atoms with Gasteiger partial charge in [0.05, 0.1) is 5.52 Å². The summed E-state index contributed by atoms with van der Waals surface area (Å²) in [6, 6.07) is 5.58. The van der Waals surface area contributed by atoms with Crippen LogP contribution in [0.5, 0.6) is 5.75 Å². The first-order chi connectivity index (χ1) is 6.33. The van der Waals surface area contributed by atoms with Gasteiger partial charge in [0.15, 0.2) is 0 Å². The van der Waals surface area contributed by atoms with Crippen LogP contribution < -0.4 is 5.73 Å². The quantitative estimate of drug-likeness (QED) is 0.647. The van der Waals surface area contributed by atoms with Crippen molar-refractivity contribution in [2.45, 2.75) is 6.42 Å². The fourth-order valence-corrected chi connectivity index (χ4v) is 1.58. The van der Waals surface area contributed by atoms with Gasteiger partial charge in [0, 0.05) is 11.8 Å². The second-order valence-corrected chi connectivity index (χ2v) is 3.04. The van der Waals surface area contributed by atoms with Gasteiger partial charge in [0.25, 0.3) is 0 Å². The van der Waals surface area contributed by atoms with Crippen LogP contribution in [0.15, 0.2) is 24.4 Å². The molecule has 13 heavy (non-hydrogen) atoms. The Hall–Kier alpha value is -1.48. The number of rotatable bonds is 2. The van der Waals surface area contributed by atoms with Crippen molar-refractivity contribution in [3.05, 3.63) is 30.0 Å². The first-order valence-corrected chi connectivity index (χ1v) is 4.31. The number of nitrogens with two attached hydrogens (primary N) is 1. The van der Waals surface area contributed by atoms with Gasteiger partial charge in [0.1, 0.15) is 5.75 Å². The lowest BCUT2D eigenvalue weighted by atomic mass is 10.1. The molecule has 3 heteroatoms. The van der Waals surface area contributed by atoms with Crippen LogP contribution in [0.4, 0.5) is 0 Å². The van der Waals surface area contributed by atoms with Gasteiger partial charge >= 0.3 is 0 Å². The van der Waals surface area contributed by atoms with Gasteiger partial charge in [-0.1, -0.05) is 0 Å². The van der Waals surface area contributed by atoms with E-state index >= 15 is 0 Å². The van der Waals surface area contributed by atoms with Gasteiger partial charge in [-0.25, -0.2) is 0 Å². The minimum atomic E-state index is 0.320. The molecule has 0 atom stereocenters. The van der Waals surface area contributed by atoms with E-state index in [9.17, 15) is 5.11 Å². The van der Waals surface area contributed by atoms with Gasteiger partial charge < -0.3 is 15.8 Å². The van der Waals surface area contributed by atoms with Crippen LogP contribution in [0.3, 0.4) is 0 Å². The van der Waals surface area contributed by atoms with Crippen LogP contribution >= 0.6 is 0 Å². The molecule has 2 aromatic rings. The van der Waals surface area contributed by atoms with Crippen molar-refractivity contribution >= 4 is 10.9 Å². The molecule has 0 radical (unpaired) electrons. The minimum absolute atomic E-state index is 0.320. The molecule has 0 saturated carbocycles. The number of aromatic amines is 1. The number of aromatic hydroxyl groups is 1. The molecule has 0 aliphatic carbocycles. The normalized spacial score (nSPS) is 10.8. The zero-order valence-electron chi connectivity index (χ0n) is 7.25. The predicted molar refractivity (Wildman–Crippen MR) is 52.7 cm³/mol. The summed E-state index contributed by atoms with van der Waals surface area (Å²) in [6.45, 7) is 0.547. The van der Waals surface area contributed by atoms with Gasteiger partial charge in [-0.3, -0.25) is 0 Å². The maximum atomic E-state index is 9.58. The number of H-pyrrole nitrogens is 1. The number of hydrogen-bond acceptors (Lipinski definition) is 2. The number of fused-ring (bicyclic) bond motifs is 1. The summed E-state index contributed by atoms with van der Waals surface area (Å²) in [5.74, 6) is 0.320. The summed E-state index contributed by atoms with van der Waals surface area (Å²) in [7, 11) is 0. The Labute approximate surface area is 76.2 Å². The van der Waals surface area contributed by atoms with E-state index in [4.69, 9.17) is 5.73 Å². The Morgan fingerprint density at radius 3 is 2.92 bits per heavy atom. The monoisotopic (exact) mass is 176 g/mol. The van der Waals surface area contributed by atoms with Gasteiger partial charge in [-0.15, -0.1) is 0 Å². The van der Waals surface area contributed by atoms with E-state index in [2.05, 4.69) is 4.98 Å². The highest BCUT2D eigenvalue weighted by Gasteiger charge is 2.06. The molecule has 0 aliphatic heterocycles. The summed E-state index contributed by atoms with van der Waals surface area (Å²) < 4.78 is 0. The molecule has 68 valence electrons. The topological polar surface area (TPSA) is 62.0 Å². The molecule has 0 fully saturated rings. The molecule has 0 unspecified atom stereocenters. The molecule has 1 aromatic heterocycles. The first kappa shape index (κ1) is 8.13. The van der Waals surface area contributed by atoms with Crippen LogP contribution in [0.2, 0.25) is 0 Å². The van der Waals surface area contributed by atoms with Crippen LogP contribution in [0.1, 0.15) is 5.56 Å². The third kappa shape index (κ3) is 1.27. The number of phenolic OH excluding ortho intramolecular Hbond substituents is 1. The molecule has 1 heterocycles. The Kier molecular flexibility index (Phi) is 1.94. The van der Waals surface area contributed by atoms with E-state index in [0.29, 0.717) is 18.7 Å². The van der Waals surface area contributed by atoms with E-state index in [1.165, 1.54) is 0 Å². The lowest BCUT2D eigenvalue weighted by Gasteiger charge is -2.04. The molecule has 2 rings (SSSR count). The Morgan fingerprint density at radius 1 is 1.31 bits per heavy atom. The van der Waals surface area contributed by atoms with Crippen molar-refractivity contribution in [2.75, 3.05) is 6.54 Å². The standard InChI is InChI=1S/C10H12N2O/c11-5-3-8-9(13)2-1-7-4-6-12-10(7)8/h1-2,4,6,12-13H,3,5,11H2. The van der Waals surface area contributed by atoms with Crippen molar-refractivity contribution in [3.8, 4) is 5.75 Å². The second kappa shape index (κ2) is 3.11. The minimum Gasteiger partial charge on any atom is -0.508 e. The van der Waals surface area contributed by atoms with Crippen molar-refractivity contribution in [1.82, 2.24) is 4.98 Å². The van der Waals surface area contributed by atoms with Crippen LogP contribution in [0, 0.1) is 0 Å². The molecule has 0 bridgehead atoms. The molecule has 0 aliphatic rings. The second-order valence-electron chi connectivity index (χ2n) is 3.04. The Balaban J connectivity index is 2.66. The summed E-state index contributed by atoms with van der Waals surface area (Å²) >= 11 is 0. The molecule has 0 saturated heterocycles. The molecular weight excluding hydrogens is 164 g/mol. The van der Waals surface area contributed by atoms with E-state index in [1.54, 1.807) is 6.07 Å².